The van der Waals surface area contributed by atoms with Crippen molar-refractivity contribution < 1.29 is 4.74 Å². The summed E-state index contributed by atoms with van der Waals surface area (Å²) in [7, 11) is 1.60. The topological polar surface area (TPSA) is 61.0 Å². The fourth-order valence-corrected chi connectivity index (χ4v) is 1.89. The Balaban J connectivity index is 2.33. The van der Waals surface area contributed by atoms with Crippen molar-refractivity contribution in [2.24, 2.45) is 5.73 Å². The third-order valence-electron chi connectivity index (χ3n) is 2.41. The van der Waals surface area contributed by atoms with E-state index in [2.05, 4.69) is 25.9 Å². The molecule has 0 bridgehead atoms. The van der Waals surface area contributed by atoms with Crippen LogP contribution >= 0.6 is 15.9 Å². The number of nitrogens with zero attached hydrogens (tertiary/aromatic N) is 2. The maximum Gasteiger partial charge on any atom is 0.137 e. The summed E-state index contributed by atoms with van der Waals surface area (Å²) in [6.07, 6.45) is 6.85. The van der Waals surface area contributed by atoms with Crippen LogP contribution in [0.1, 0.15) is 17.2 Å². The van der Waals surface area contributed by atoms with E-state index in [0.717, 1.165) is 15.6 Å². The molecule has 88 valence electrons. The Morgan fingerprint density at radius 2 is 1.76 bits per heavy atom. The number of methoxy groups -OCH3 is 1. The monoisotopic (exact) mass is 293 g/mol. The molecule has 4 nitrogen and oxygen atoms in total. The van der Waals surface area contributed by atoms with Crippen LogP contribution in [0.15, 0.2) is 41.4 Å². The third kappa shape index (κ3) is 2.81. The molecular weight excluding hydrogens is 282 g/mol. The van der Waals surface area contributed by atoms with E-state index in [0.29, 0.717) is 5.75 Å². The van der Waals surface area contributed by atoms with Crippen molar-refractivity contribution in [3.8, 4) is 5.75 Å². The van der Waals surface area contributed by atoms with Gasteiger partial charge < -0.3 is 10.5 Å². The predicted molar refractivity (Wildman–Crippen MR) is 68.8 cm³/mol. The van der Waals surface area contributed by atoms with E-state index in [4.69, 9.17) is 10.5 Å². The summed E-state index contributed by atoms with van der Waals surface area (Å²) in [4.78, 5) is 8.18. The quantitative estimate of drug-likeness (QED) is 0.943. The van der Waals surface area contributed by atoms with Crippen LogP contribution in [0.25, 0.3) is 0 Å². The summed E-state index contributed by atoms with van der Waals surface area (Å²) in [5.41, 5.74) is 7.97. The summed E-state index contributed by atoms with van der Waals surface area (Å²) < 4.78 is 6.03. The lowest BCUT2D eigenvalue weighted by atomic mass is 10.0. The molecular formula is C12H12BrN3O. The molecule has 0 aliphatic heterocycles. The number of halogens is 1. The van der Waals surface area contributed by atoms with Gasteiger partial charge in [0, 0.05) is 23.1 Å². The Labute approximate surface area is 108 Å². The van der Waals surface area contributed by atoms with Crippen LogP contribution in [0, 0.1) is 0 Å². The Bertz CT molecular complexity index is 519. The van der Waals surface area contributed by atoms with Crippen molar-refractivity contribution in [1.82, 2.24) is 9.97 Å². The third-order valence-corrected chi connectivity index (χ3v) is 2.85. The van der Waals surface area contributed by atoms with Crippen LogP contribution in [-0.2, 0) is 0 Å². The molecule has 0 fully saturated rings. The maximum atomic E-state index is 6.15. The first kappa shape index (κ1) is 12.0. The van der Waals surface area contributed by atoms with Crippen LogP contribution in [0.4, 0.5) is 0 Å². The first-order valence-electron chi connectivity index (χ1n) is 5.05. The van der Waals surface area contributed by atoms with Crippen molar-refractivity contribution in [2.45, 2.75) is 6.04 Å². The maximum absolute atomic E-state index is 6.15. The van der Waals surface area contributed by atoms with E-state index >= 15 is 0 Å². The fourth-order valence-electron chi connectivity index (χ4n) is 1.51. The highest BCUT2D eigenvalue weighted by atomic mass is 79.9. The Morgan fingerprint density at radius 1 is 1.12 bits per heavy atom. The highest BCUT2D eigenvalue weighted by Crippen LogP contribution is 2.23. The summed E-state index contributed by atoms with van der Waals surface area (Å²) >= 11 is 3.37. The molecule has 1 atom stereocenters. The van der Waals surface area contributed by atoms with Gasteiger partial charge in [-0.3, -0.25) is 9.97 Å². The molecule has 2 rings (SSSR count). The van der Waals surface area contributed by atoms with Gasteiger partial charge in [-0.2, -0.15) is 0 Å². The van der Waals surface area contributed by atoms with Gasteiger partial charge in [0.05, 0.1) is 19.3 Å². The van der Waals surface area contributed by atoms with E-state index in [1.54, 1.807) is 31.9 Å². The Hall–Kier alpha value is -1.46. The summed E-state index contributed by atoms with van der Waals surface area (Å²) in [5.74, 6) is 0.695. The molecule has 2 aromatic rings. The fraction of sp³-hybridized carbons (Fsp3) is 0.167. The van der Waals surface area contributed by atoms with Gasteiger partial charge >= 0.3 is 0 Å². The Kier molecular flexibility index (Phi) is 3.71. The lowest BCUT2D eigenvalue weighted by Crippen LogP contribution is -2.12. The molecule has 0 aromatic carbocycles. The van der Waals surface area contributed by atoms with Crippen molar-refractivity contribution >= 4 is 15.9 Å². The van der Waals surface area contributed by atoms with Crippen molar-refractivity contribution in [1.29, 1.82) is 0 Å². The molecule has 2 N–H and O–H groups in total. The average molecular weight is 294 g/mol. The molecule has 2 heterocycles. The molecule has 0 saturated heterocycles. The second-order valence-corrected chi connectivity index (χ2v) is 4.49. The number of rotatable bonds is 3. The lowest BCUT2D eigenvalue weighted by molar-refractivity contribution is 0.412. The molecule has 2 aromatic heterocycles. The van der Waals surface area contributed by atoms with Gasteiger partial charge in [0.2, 0.25) is 0 Å². The average Bonchev–Trinajstić information content (AvgIpc) is 2.38. The molecule has 0 aliphatic rings. The number of ether oxygens (including phenoxy) is 1. The zero-order valence-corrected chi connectivity index (χ0v) is 10.9. The summed E-state index contributed by atoms with van der Waals surface area (Å²) in [5, 5.41) is 0. The number of pyridine rings is 2. The zero-order valence-electron chi connectivity index (χ0n) is 9.30. The van der Waals surface area contributed by atoms with Gasteiger partial charge in [-0.1, -0.05) is 0 Å². The van der Waals surface area contributed by atoms with Crippen LogP contribution in [-0.4, -0.2) is 17.1 Å². The summed E-state index contributed by atoms with van der Waals surface area (Å²) in [6.45, 7) is 0. The van der Waals surface area contributed by atoms with Gasteiger partial charge in [0.1, 0.15) is 5.75 Å². The van der Waals surface area contributed by atoms with Crippen LogP contribution in [0.2, 0.25) is 0 Å². The van der Waals surface area contributed by atoms with Crippen molar-refractivity contribution in [3.05, 3.63) is 52.5 Å². The second kappa shape index (κ2) is 5.25. The van der Waals surface area contributed by atoms with E-state index in [1.165, 1.54) is 0 Å². The molecule has 0 spiro atoms. The molecule has 0 radical (unpaired) electrons. The highest BCUT2D eigenvalue weighted by molar-refractivity contribution is 9.10. The Morgan fingerprint density at radius 3 is 2.41 bits per heavy atom. The number of aromatic nitrogens is 2. The normalized spacial score (nSPS) is 12.2. The van der Waals surface area contributed by atoms with Gasteiger partial charge in [-0.25, -0.2) is 0 Å². The molecule has 0 amide bonds. The first-order chi connectivity index (χ1) is 8.20. The van der Waals surface area contributed by atoms with E-state index in [-0.39, 0.29) is 6.04 Å². The van der Waals surface area contributed by atoms with E-state index < -0.39 is 0 Å². The SMILES string of the molecule is COc1cncc(C(N)c2cncc(Br)c2)c1. The van der Waals surface area contributed by atoms with Crippen LogP contribution in [0.3, 0.4) is 0 Å². The van der Waals surface area contributed by atoms with E-state index in [9.17, 15) is 0 Å². The van der Waals surface area contributed by atoms with Gasteiger partial charge in [-0.15, -0.1) is 0 Å². The number of hydrogen-bond donors (Lipinski definition) is 1. The summed E-state index contributed by atoms with van der Waals surface area (Å²) in [6, 6.07) is 3.55. The first-order valence-corrected chi connectivity index (χ1v) is 5.85. The predicted octanol–water partition coefficient (Wildman–Crippen LogP) is 2.30. The van der Waals surface area contributed by atoms with Crippen LogP contribution in [0.5, 0.6) is 5.75 Å². The van der Waals surface area contributed by atoms with Crippen LogP contribution < -0.4 is 10.5 Å². The molecule has 5 heteroatoms. The number of nitrogens with two attached hydrogens (primary N) is 1. The van der Waals surface area contributed by atoms with Gasteiger partial charge in [-0.05, 0) is 39.2 Å². The minimum absolute atomic E-state index is 0.261. The largest absolute Gasteiger partial charge is 0.495 e. The van der Waals surface area contributed by atoms with Gasteiger partial charge in [0.25, 0.3) is 0 Å². The zero-order chi connectivity index (χ0) is 12.3. The molecule has 0 aliphatic carbocycles. The molecule has 0 saturated carbocycles. The van der Waals surface area contributed by atoms with Gasteiger partial charge in [0.15, 0.2) is 0 Å². The number of hydrogen-bond acceptors (Lipinski definition) is 4. The molecule has 1 unspecified atom stereocenters. The van der Waals surface area contributed by atoms with Crippen molar-refractivity contribution in [2.75, 3.05) is 7.11 Å². The smallest absolute Gasteiger partial charge is 0.137 e. The second-order valence-electron chi connectivity index (χ2n) is 3.57. The van der Waals surface area contributed by atoms with E-state index in [1.807, 2.05) is 12.1 Å². The molecule has 17 heavy (non-hydrogen) atoms. The minimum Gasteiger partial charge on any atom is -0.495 e. The highest BCUT2D eigenvalue weighted by Gasteiger charge is 2.10. The lowest BCUT2D eigenvalue weighted by Gasteiger charge is -2.12. The standard InChI is InChI=1S/C12H12BrN3O/c1-17-11-3-9(5-16-7-11)12(14)8-2-10(13)6-15-4-8/h2-7,12H,14H2,1H3. The minimum atomic E-state index is -0.261. The van der Waals surface area contributed by atoms with Crippen molar-refractivity contribution in [3.63, 3.8) is 0 Å².